The second kappa shape index (κ2) is 5.05. The van der Waals surface area contributed by atoms with Crippen LogP contribution in [0.5, 0.6) is 5.75 Å². The summed E-state index contributed by atoms with van der Waals surface area (Å²) in [6, 6.07) is 10.3. The minimum Gasteiger partial charge on any atom is -0.508 e. The van der Waals surface area contributed by atoms with Gasteiger partial charge in [0, 0.05) is 12.1 Å². The predicted octanol–water partition coefficient (Wildman–Crippen LogP) is 4.31. The molecule has 0 spiro atoms. The van der Waals surface area contributed by atoms with Crippen molar-refractivity contribution in [2.45, 2.75) is 19.5 Å². The molecule has 0 atom stereocenters. The summed E-state index contributed by atoms with van der Waals surface area (Å²) in [6.45, 7) is 1.84. The van der Waals surface area contributed by atoms with Crippen LogP contribution in [0.2, 0.25) is 0 Å². The Hall–Kier alpha value is -2.50. The zero-order chi connectivity index (χ0) is 15.9. The number of aromatic hydroxyl groups is 1. The quantitative estimate of drug-likeness (QED) is 0.766. The first-order valence-corrected chi connectivity index (χ1v) is 6.78. The molecule has 0 fully saturated rings. The Labute approximate surface area is 124 Å². The number of hydrogen-bond acceptors (Lipinski definition) is 2. The van der Waals surface area contributed by atoms with Crippen LogP contribution in [0.1, 0.15) is 18.3 Å². The number of alkyl halides is 3. The molecule has 2 aromatic carbocycles. The topological polar surface area (TPSA) is 38.0 Å². The van der Waals surface area contributed by atoms with Gasteiger partial charge in [0.2, 0.25) is 0 Å². The Bertz CT molecular complexity index is 820. The maximum absolute atomic E-state index is 13.1. The van der Waals surface area contributed by atoms with Crippen LogP contribution in [0.15, 0.2) is 42.5 Å². The molecule has 3 aromatic rings. The zero-order valence-electron chi connectivity index (χ0n) is 11.7. The minimum atomic E-state index is -4.45. The van der Waals surface area contributed by atoms with Crippen LogP contribution < -0.4 is 0 Å². The lowest BCUT2D eigenvalue weighted by Gasteiger charge is -2.09. The number of aryl methyl sites for hydroxylation is 1. The van der Waals surface area contributed by atoms with Gasteiger partial charge < -0.3 is 5.11 Å². The Morgan fingerprint density at radius 3 is 2.36 bits per heavy atom. The van der Waals surface area contributed by atoms with Crippen molar-refractivity contribution in [3.8, 4) is 11.4 Å². The molecule has 0 radical (unpaired) electrons. The number of fused-ring (bicyclic) bond motifs is 1. The number of rotatable bonds is 2. The number of hydrogen-bond donors (Lipinski definition) is 1. The van der Waals surface area contributed by atoms with E-state index >= 15 is 0 Å². The van der Waals surface area contributed by atoms with Crippen molar-refractivity contribution in [1.29, 1.82) is 0 Å². The van der Waals surface area contributed by atoms with E-state index in [0.29, 0.717) is 23.4 Å². The second-order valence-corrected chi connectivity index (χ2v) is 4.90. The van der Waals surface area contributed by atoms with E-state index in [-0.39, 0.29) is 11.3 Å². The molecular weight excluding hydrogens is 293 g/mol. The Balaban J connectivity index is 2.32. The molecule has 3 nitrogen and oxygen atoms in total. The first kappa shape index (κ1) is 14.4. The number of aromatic nitrogens is 2. The summed E-state index contributed by atoms with van der Waals surface area (Å²) >= 11 is 0. The largest absolute Gasteiger partial charge is 0.508 e. The predicted molar refractivity (Wildman–Crippen MR) is 77.1 cm³/mol. The molecule has 1 heterocycles. The summed E-state index contributed by atoms with van der Waals surface area (Å²) < 4.78 is 41.1. The third-order valence-corrected chi connectivity index (χ3v) is 3.48. The van der Waals surface area contributed by atoms with E-state index in [9.17, 15) is 18.3 Å². The van der Waals surface area contributed by atoms with Crippen molar-refractivity contribution >= 4 is 11.0 Å². The van der Waals surface area contributed by atoms with Gasteiger partial charge in [-0.2, -0.15) is 13.2 Å². The lowest BCUT2D eigenvalue weighted by molar-refractivity contribution is -0.136. The Kier molecular flexibility index (Phi) is 3.31. The SMILES string of the molecule is CCc1nc2c(C(F)(F)F)cccc2n1-c1ccc(O)cc1. The number of phenols is 1. The van der Waals surface area contributed by atoms with E-state index in [1.807, 2.05) is 6.92 Å². The number of benzene rings is 2. The van der Waals surface area contributed by atoms with Crippen molar-refractivity contribution in [3.63, 3.8) is 0 Å². The first-order valence-electron chi connectivity index (χ1n) is 6.78. The van der Waals surface area contributed by atoms with Crippen molar-refractivity contribution < 1.29 is 18.3 Å². The van der Waals surface area contributed by atoms with E-state index in [2.05, 4.69) is 4.98 Å². The highest BCUT2D eigenvalue weighted by atomic mass is 19.4. The fourth-order valence-corrected chi connectivity index (χ4v) is 2.50. The third-order valence-electron chi connectivity index (χ3n) is 3.48. The molecule has 0 saturated carbocycles. The molecule has 3 rings (SSSR count). The number of phenolic OH excluding ortho intramolecular Hbond substituents is 1. The van der Waals surface area contributed by atoms with Crippen molar-refractivity contribution in [2.24, 2.45) is 0 Å². The number of para-hydroxylation sites is 1. The van der Waals surface area contributed by atoms with Crippen LogP contribution in [0.3, 0.4) is 0 Å². The van der Waals surface area contributed by atoms with E-state index in [0.717, 1.165) is 6.07 Å². The molecule has 0 amide bonds. The molecule has 0 aliphatic carbocycles. The smallest absolute Gasteiger partial charge is 0.418 e. The fraction of sp³-hybridized carbons (Fsp3) is 0.188. The molecule has 0 aliphatic heterocycles. The summed E-state index contributed by atoms with van der Waals surface area (Å²) in [5.41, 5.74) is 0.269. The molecule has 0 bridgehead atoms. The van der Waals surface area contributed by atoms with Crippen LogP contribution in [-0.4, -0.2) is 14.7 Å². The summed E-state index contributed by atoms with van der Waals surface area (Å²) in [5, 5.41) is 9.37. The monoisotopic (exact) mass is 306 g/mol. The summed E-state index contributed by atoms with van der Waals surface area (Å²) in [7, 11) is 0. The number of halogens is 3. The summed E-state index contributed by atoms with van der Waals surface area (Å²) in [4.78, 5) is 4.18. The Morgan fingerprint density at radius 2 is 1.77 bits per heavy atom. The van der Waals surface area contributed by atoms with Gasteiger partial charge in [-0.1, -0.05) is 13.0 Å². The van der Waals surface area contributed by atoms with Crippen molar-refractivity contribution in [3.05, 3.63) is 53.9 Å². The van der Waals surface area contributed by atoms with E-state index in [1.165, 1.54) is 18.2 Å². The highest BCUT2D eigenvalue weighted by molar-refractivity contribution is 5.82. The van der Waals surface area contributed by atoms with Gasteiger partial charge in [-0.25, -0.2) is 4.98 Å². The molecule has 0 aliphatic rings. The highest BCUT2D eigenvalue weighted by Crippen LogP contribution is 2.35. The molecule has 0 saturated heterocycles. The maximum atomic E-state index is 13.1. The molecule has 0 unspecified atom stereocenters. The molecule has 114 valence electrons. The van der Waals surface area contributed by atoms with Crippen molar-refractivity contribution in [1.82, 2.24) is 9.55 Å². The normalized spacial score (nSPS) is 12.0. The number of nitrogens with zero attached hydrogens (tertiary/aromatic N) is 2. The molecule has 1 aromatic heterocycles. The lowest BCUT2D eigenvalue weighted by Crippen LogP contribution is -2.05. The van der Waals surface area contributed by atoms with E-state index in [4.69, 9.17) is 0 Å². The van der Waals surface area contributed by atoms with Gasteiger partial charge in [0.05, 0.1) is 11.1 Å². The van der Waals surface area contributed by atoms with Gasteiger partial charge in [-0.15, -0.1) is 0 Å². The molecule has 1 N–H and O–H groups in total. The summed E-state index contributed by atoms with van der Waals surface area (Å²) in [6.07, 6.45) is -3.95. The average molecular weight is 306 g/mol. The van der Waals surface area contributed by atoms with Crippen molar-refractivity contribution in [2.75, 3.05) is 0 Å². The van der Waals surface area contributed by atoms with E-state index in [1.54, 1.807) is 22.8 Å². The highest BCUT2D eigenvalue weighted by Gasteiger charge is 2.34. The Morgan fingerprint density at radius 1 is 1.09 bits per heavy atom. The fourth-order valence-electron chi connectivity index (χ4n) is 2.50. The van der Waals surface area contributed by atoms with E-state index < -0.39 is 11.7 Å². The molecule has 22 heavy (non-hydrogen) atoms. The van der Waals surface area contributed by atoms with Gasteiger partial charge in [0.1, 0.15) is 17.1 Å². The average Bonchev–Trinajstić information content (AvgIpc) is 2.85. The second-order valence-electron chi connectivity index (χ2n) is 4.90. The lowest BCUT2D eigenvalue weighted by atomic mass is 10.1. The molecule has 6 heteroatoms. The standard InChI is InChI=1S/C16H13F3N2O/c1-2-14-20-15-12(16(17,18)19)4-3-5-13(15)21(14)10-6-8-11(22)9-7-10/h3-9,22H,2H2,1H3. The minimum absolute atomic E-state index is 0.0556. The van der Waals surface area contributed by atoms with Gasteiger partial charge in [0.15, 0.2) is 0 Å². The third kappa shape index (κ3) is 2.30. The zero-order valence-corrected chi connectivity index (χ0v) is 11.7. The molecular formula is C16H13F3N2O. The van der Waals surface area contributed by atoms with Crippen LogP contribution in [0.25, 0.3) is 16.7 Å². The first-order chi connectivity index (χ1) is 10.4. The van der Waals surface area contributed by atoms with Crippen LogP contribution in [0, 0.1) is 0 Å². The summed E-state index contributed by atoms with van der Waals surface area (Å²) in [5.74, 6) is 0.639. The number of imidazole rings is 1. The van der Waals surface area contributed by atoms with Gasteiger partial charge in [0.25, 0.3) is 0 Å². The van der Waals surface area contributed by atoms with Crippen LogP contribution in [-0.2, 0) is 12.6 Å². The van der Waals surface area contributed by atoms with Crippen LogP contribution in [0.4, 0.5) is 13.2 Å². The maximum Gasteiger partial charge on any atom is 0.418 e. The van der Waals surface area contributed by atoms with Gasteiger partial charge in [-0.3, -0.25) is 4.57 Å². The van der Waals surface area contributed by atoms with Gasteiger partial charge in [-0.05, 0) is 36.4 Å². The van der Waals surface area contributed by atoms with Crippen LogP contribution >= 0.6 is 0 Å². The van der Waals surface area contributed by atoms with Gasteiger partial charge >= 0.3 is 6.18 Å².